The lowest BCUT2D eigenvalue weighted by Crippen LogP contribution is -2.22. The number of aryl methyl sites for hydroxylation is 1. The van der Waals surface area contributed by atoms with Crippen LogP contribution >= 0.6 is 22.9 Å². The van der Waals surface area contributed by atoms with Crippen molar-refractivity contribution in [2.45, 2.75) is 26.3 Å². The van der Waals surface area contributed by atoms with Gasteiger partial charge in [-0.3, -0.25) is 0 Å². The Morgan fingerprint density at radius 1 is 1.28 bits per heavy atom. The Hall–Kier alpha value is -0.830. The second kappa shape index (κ2) is 6.37. The third-order valence-corrected chi connectivity index (χ3v) is 4.57. The molecule has 0 amide bonds. The van der Waals surface area contributed by atoms with Crippen molar-refractivity contribution in [3.8, 4) is 0 Å². The van der Waals surface area contributed by atoms with Gasteiger partial charge < -0.3 is 5.32 Å². The lowest BCUT2D eigenvalue weighted by atomic mass is 10.0. The number of thiophene rings is 1. The molecule has 18 heavy (non-hydrogen) atoms. The fourth-order valence-electron chi connectivity index (χ4n) is 2.12. The molecule has 96 valence electrons. The summed E-state index contributed by atoms with van der Waals surface area (Å²) in [6, 6.07) is 10.8. The standard InChI is InChI=1S/C15H18ClNS/c1-3-17-14(15-13(16)8-9-18-15)10-12-7-5-4-6-11(12)2/h4-9,14,17H,3,10H2,1-2H3. The minimum absolute atomic E-state index is 0.309. The molecule has 0 fully saturated rings. The Bertz CT molecular complexity index is 507. The van der Waals surface area contributed by atoms with E-state index in [9.17, 15) is 0 Å². The smallest absolute Gasteiger partial charge is 0.0561 e. The van der Waals surface area contributed by atoms with Crippen LogP contribution in [-0.2, 0) is 6.42 Å². The van der Waals surface area contributed by atoms with Gasteiger partial charge in [0.25, 0.3) is 0 Å². The molecule has 0 spiro atoms. The van der Waals surface area contributed by atoms with Crippen LogP contribution in [0.5, 0.6) is 0 Å². The van der Waals surface area contributed by atoms with E-state index in [-0.39, 0.29) is 0 Å². The maximum Gasteiger partial charge on any atom is 0.0561 e. The summed E-state index contributed by atoms with van der Waals surface area (Å²) < 4.78 is 0. The topological polar surface area (TPSA) is 12.0 Å². The fraction of sp³-hybridized carbons (Fsp3) is 0.333. The molecule has 3 heteroatoms. The molecule has 0 aliphatic rings. The number of likely N-dealkylation sites (N-methyl/N-ethyl adjacent to an activating group) is 1. The monoisotopic (exact) mass is 279 g/mol. The van der Waals surface area contributed by atoms with Crippen molar-refractivity contribution >= 4 is 22.9 Å². The second-order valence-corrected chi connectivity index (χ2v) is 5.73. The maximum atomic E-state index is 6.25. The number of hydrogen-bond donors (Lipinski definition) is 1. The Kier molecular flexibility index (Phi) is 4.81. The molecular weight excluding hydrogens is 262 g/mol. The molecule has 1 aromatic heterocycles. The van der Waals surface area contributed by atoms with Gasteiger partial charge in [0, 0.05) is 10.9 Å². The van der Waals surface area contributed by atoms with E-state index in [1.807, 2.05) is 6.07 Å². The van der Waals surface area contributed by atoms with Crippen molar-refractivity contribution in [2.24, 2.45) is 0 Å². The highest BCUT2D eigenvalue weighted by Gasteiger charge is 2.16. The van der Waals surface area contributed by atoms with Gasteiger partial charge in [-0.25, -0.2) is 0 Å². The summed E-state index contributed by atoms with van der Waals surface area (Å²) in [6.45, 7) is 5.24. The van der Waals surface area contributed by atoms with Crippen molar-refractivity contribution in [1.82, 2.24) is 5.32 Å². The lowest BCUT2D eigenvalue weighted by molar-refractivity contribution is 0.557. The predicted octanol–water partition coefficient (Wildman–Crippen LogP) is 4.60. The maximum absolute atomic E-state index is 6.25. The highest BCUT2D eigenvalue weighted by atomic mass is 35.5. The minimum atomic E-state index is 0.309. The Labute approximate surface area is 118 Å². The van der Waals surface area contributed by atoms with Crippen LogP contribution in [0.15, 0.2) is 35.7 Å². The molecule has 1 heterocycles. The average molecular weight is 280 g/mol. The van der Waals surface area contributed by atoms with E-state index in [0.29, 0.717) is 6.04 Å². The van der Waals surface area contributed by atoms with Gasteiger partial charge in [-0.05, 0) is 42.5 Å². The summed E-state index contributed by atoms with van der Waals surface area (Å²) >= 11 is 7.97. The summed E-state index contributed by atoms with van der Waals surface area (Å²) in [7, 11) is 0. The SMILES string of the molecule is CCNC(Cc1ccccc1C)c1sccc1Cl. The van der Waals surface area contributed by atoms with Crippen molar-refractivity contribution in [3.05, 3.63) is 56.7 Å². The van der Waals surface area contributed by atoms with E-state index in [1.165, 1.54) is 16.0 Å². The Balaban J connectivity index is 2.22. The van der Waals surface area contributed by atoms with Crippen LogP contribution in [0.3, 0.4) is 0 Å². The highest BCUT2D eigenvalue weighted by Crippen LogP contribution is 2.31. The molecule has 0 bridgehead atoms. The van der Waals surface area contributed by atoms with Gasteiger partial charge in [-0.2, -0.15) is 0 Å². The molecule has 1 unspecified atom stereocenters. The fourth-order valence-corrected chi connectivity index (χ4v) is 3.38. The van der Waals surface area contributed by atoms with Crippen molar-refractivity contribution in [3.63, 3.8) is 0 Å². The first kappa shape index (κ1) is 13.6. The second-order valence-electron chi connectivity index (χ2n) is 4.37. The summed E-state index contributed by atoms with van der Waals surface area (Å²) in [6.07, 6.45) is 0.987. The Morgan fingerprint density at radius 2 is 2.06 bits per heavy atom. The van der Waals surface area contributed by atoms with Gasteiger partial charge in [-0.1, -0.05) is 42.8 Å². The van der Waals surface area contributed by atoms with E-state index in [4.69, 9.17) is 11.6 Å². The molecule has 0 radical (unpaired) electrons. The Morgan fingerprint density at radius 3 is 2.67 bits per heavy atom. The molecule has 2 aromatic rings. The summed E-state index contributed by atoms with van der Waals surface area (Å²) in [5.74, 6) is 0. The van der Waals surface area contributed by atoms with E-state index in [2.05, 4.69) is 48.8 Å². The predicted molar refractivity (Wildman–Crippen MR) is 80.6 cm³/mol. The summed E-state index contributed by atoms with van der Waals surface area (Å²) in [4.78, 5) is 1.24. The highest BCUT2D eigenvalue weighted by molar-refractivity contribution is 7.10. The van der Waals surface area contributed by atoms with Crippen molar-refractivity contribution in [1.29, 1.82) is 0 Å². The van der Waals surface area contributed by atoms with Crippen LogP contribution in [-0.4, -0.2) is 6.54 Å². The number of hydrogen-bond acceptors (Lipinski definition) is 2. The van der Waals surface area contributed by atoms with Gasteiger partial charge in [-0.15, -0.1) is 11.3 Å². The lowest BCUT2D eigenvalue weighted by Gasteiger charge is -2.18. The van der Waals surface area contributed by atoms with E-state index in [1.54, 1.807) is 11.3 Å². The first-order valence-electron chi connectivity index (χ1n) is 6.23. The normalized spacial score (nSPS) is 12.6. The minimum Gasteiger partial charge on any atom is -0.309 e. The summed E-state index contributed by atoms with van der Waals surface area (Å²) in [5.41, 5.74) is 2.72. The third-order valence-electron chi connectivity index (χ3n) is 3.10. The van der Waals surface area contributed by atoms with Gasteiger partial charge >= 0.3 is 0 Å². The molecule has 0 aliphatic carbocycles. The molecule has 1 nitrogen and oxygen atoms in total. The third kappa shape index (κ3) is 3.14. The van der Waals surface area contributed by atoms with Crippen molar-refractivity contribution in [2.75, 3.05) is 6.54 Å². The summed E-state index contributed by atoms with van der Waals surface area (Å²) in [5, 5.41) is 6.46. The van der Waals surface area contributed by atoms with Crippen LogP contribution in [0.2, 0.25) is 5.02 Å². The first-order valence-corrected chi connectivity index (χ1v) is 7.49. The van der Waals surface area contributed by atoms with Gasteiger partial charge in [0.05, 0.1) is 5.02 Å². The number of nitrogens with one attached hydrogen (secondary N) is 1. The number of halogens is 1. The first-order chi connectivity index (χ1) is 8.72. The molecule has 0 saturated carbocycles. The van der Waals surface area contributed by atoms with Gasteiger partial charge in [0.15, 0.2) is 0 Å². The molecule has 2 rings (SSSR count). The zero-order valence-corrected chi connectivity index (χ0v) is 12.3. The van der Waals surface area contributed by atoms with Crippen LogP contribution in [0.1, 0.15) is 29.0 Å². The molecule has 1 N–H and O–H groups in total. The van der Waals surface area contributed by atoms with Crippen LogP contribution in [0.25, 0.3) is 0 Å². The average Bonchev–Trinajstić information content (AvgIpc) is 2.78. The van der Waals surface area contributed by atoms with Gasteiger partial charge in [0.2, 0.25) is 0 Å². The molecule has 0 saturated heterocycles. The van der Waals surface area contributed by atoms with E-state index < -0.39 is 0 Å². The van der Waals surface area contributed by atoms with Crippen molar-refractivity contribution < 1.29 is 0 Å². The van der Waals surface area contributed by atoms with E-state index in [0.717, 1.165) is 18.0 Å². The largest absolute Gasteiger partial charge is 0.309 e. The zero-order valence-electron chi connectivity index (χ0n) is 10.7. The van der Waals surface area contributed by atoms with E-state index >= 15 is 0 Å². The number of benzene rings is 1. The zero-order chi connectivity index (χ0) is 13.0. The van der Waals surface area contributed by atoms with Crippen LogP contribution in [0, 0.1) is 6.92 Å². The molecule has 1 aromatic carbocycles. The molecule has 1 atom stereocenters. The molecular formula is C15H18ClNS. The molecule has 0 aliphatic heterocycles. The van der Waals surface area contributed by atoms with Crippen LogP contribution < -0.4 is 5.32 Å². The van der Waals surface area contributed by atoms with Gasteiger partial charge in [0.1, 0.15) is 0 Å². The number of rotatable bonds is 5. The van der Waals surface area contributed by atoms with Crippen LogP contribution in [0.4, 0.5) is 0 Å². The quantitative estimate of drug-likeness (QED) is 0.843.